The second-order valence-electron chi connectivity index (χ2n) is 5.82. The van der Waals surface area contributed by atoms with Crippen LogP contribution < -0.4 is 0 Å². The molecule has 0 heterocycles. The van der Waals surface area contributed by atoms with Crippen molar-refractivity contribution in [1.82, 2.24) is 0 Å². The molecule has 16 heavy (non-hydrogen) atoms. The molecule has 1 rings (SSSR count). The van der Waals surface area contributed by atoms with Crippen molar-refractivity contribution in [2.45, 2.75) is 85.0 Å². The van der Waals surface area contributed by atoms with Crippen molar-refractivity contribution < 1.29 is 0 Å². The van der Waals surface area contributed by atoms with Gasteiger partial charge < -0.3 is 0 Å². The van der Waals surface area contributed by atoms with Crippen LogP contribution in [0.15, 0.2) is 0 Å². The molecule has 0 aromatic heterocycles. The molecule has 0 spiro atoms. The van der Waals surface area contributed by atoms with Gasteiger partial charge in [-0.15, -0.1) is 0 Å². The Balaban J connectivity index is 2.17. The first-order valence-electron chi connectivity index (χ1n) is 7.83. The van der Waals surface area contributed by atoms with Crippen LogP contribution in [-0.4, -0.2) is 0 Å². The Hall–Kier alpha value is 0. The summed E-state index contributed by atoms with van der Waals surface area (Å²) in [6.07, 6.45) is 14.7. The highest BCUT2D eigenvalue weighted by atomic mass is 14.4. The quantitative estimate of drug-likeness (QED) is 0.434. The van der Waals surface area contributed by atoms with E-state index in [9.17, 15) is 0 Å². The van der Waals surface area contributed by atoms with E-state index in [4.69, 9.17) is 0 Å². The minimum Gasteiger partial charge on any atom is -0.0654 e. The van der Waals surface area contributed by atoms with Gasteiger partial charge in [-0.05, 0) is 30.6 Å². The molecule has 3 unspecified atom stereocenters. The molecule has 0 aromatic carbocycles. The van der Waals surface area contributed by atoms with Gasteiger partial charge in [0.1, 0.15) is 0 Å². The molecule has 0 bridgehead atoms. The molecular weight excluding hydrogens is 192 g/mol. The Morgan fingerprint density at radius 2 is 1.50 bits per heavy atom. The van der Waals surface area contributed by atoms with Crippen LogP contribution in [0.2, 0.25) is 0 Å². The summed E-state index contributed by atoms with van der Waals surface area (Å²) >= 11 is 0. The van der Waals surface area contributed by atoms with Crippen molar-refractivity contribution >= 4 is 0 Å². The van der Waals surface area contributed by atoms with Crippen LogP contribution in [0.3, 0.4) is 0 Å². The first kappa shape index (κ1) is 14.1. The number of hydrogen-bond donors (Lipinski definition) is 0. The van der Waals surface area contributed by atoms with Gasteiger partial charge in [-0.1, -0.05) is 72.1 Å². The summed E-state index contributed by atoms with van der Waals surface area (Å²) in [5.74, 6) is 3.29. The van der Waals surface area contributed by atoms with Gasteiger partial charge in [-0.2, -0.15) is 0 Å². The van der Waals surface area contributed by atoms with Crippen LogP contribution in [0.1, 0.15) is 85.0 Å². The molecule has 0 heteroatoms. The highest BCUT2D eigenvalue weighted by molar-refractivity contribution is 4.88. The SMILES string of the molecule is CCCCCCC1C(CC)CC1CCCC. The van der Waals surface area contributed by atoms with E-state index in [-0.39, 0.29) is 0 Å². The van der Waals surface area contributed by atoms with Crippen molar-refractivity contribution in [3.8, 4) is 0 Å². The van der Waals surface area contributed by atoms with Crippen LogP contribution in [0, 0.1) is 17.8 Å². The fourth-order valence-electron chi connectivity index (χ4n) is 3.47. The molecule has 0 aromatic rings. The van der Waals surface area contributed by atoms with Gasteiger partial charge in [0.25, 0.3) is 0 Å². The maximum absolute atomic E-state index is 2.39. The molecular formula is C16H32. The highest BCUT2D eigenvalue weighted by Crippen LogP contribution is 2.47. The fourth-order valence-corrected chi connectivity index (χ4v) is 3.47. The van der Waals surface area contributed by atoms with Crippen LogP contribution >= 0.6 is 0 Å². The van der Waals surface area contributed by atoms with Crippen LogP contribution in [0.5, 0.6) is 0 Å². The minimum absolute atomic E-state index is 1.09. The average molecular weight is 224 g/mol. The van der Waals surface area contributed by atoms with Gasteiger partial charge in [0.05, 0.1) is 0 Å². The fraction of sp³-hybridized carbons (Fsp3) is 1.00. The molecule has 1 saturated carbocycles. The van der Waals surface area contributed by atoms with E-state index < -0.39 is 0 Å². The van der Waals surface area contributed by atoms with Crippen molar-refractivity contribution in [2.24, 2.45) is 17.8 Å². The molecule has 3 atom stereocenters. The first-order chi connectivity index (χ1) is 7.83. The summed E-state index contributed by atoms with van der Waals surface area (Å²) in [7, 11) is 0. The number of hydrogen-bond acceptors (Lipinski definition) is 0. The third-order valence-corrected chi connectivity index (χ3v) is 4.66. The normalized spacial score (nSPS) is 29.1. The van der Waals surface area contributed by atoms with Gasteiger partial charge in [0, 0.05) is 0 Å². The molecule has 1 aliphatic rings. The van der Waals surface area contributed by atoms with Crippen molar-refractivity contribution in [1.29, 1.82) is 0 Å². The zero-order valence-electron chi connectivity index (χ0n) is 11.8. The van der Waals surface area contributed by atoms with E-state index in [2.05, 4.69) is 20.8 Å². The largest absolute Gasteiger partial charge is 0.0654 e. The van der Waals surface area contributed by atoms with E-state index in [1.165, 1.54) is 57.8 Å². The summed E-state index contributed by atoms with van der Waals surface area (Å²) < 4.78 is 0. The maximum Gasteiger partial charge on any atom is -0.0357 e. The van der Waals surface area contributed by atoms with E-state index in [1.807, 2.05) is 0 Å². The summed E-state index contributed by atoms with van der Waals surface area (Å²) in [5.41, 5.74) is 0. The van der Waals surface area contributed by atoms with Crippen molar-refractivity contribution in [3.63, 3.8) is 0 Å². The Bertz CT molecular complexity index is 159. The minimum atomic E-state index is 1.09. The van der Waals surface area contributed by atoms with Crippen LogP contribution in [0.25, 0.3) is 0 Å². The van der Waals surface area contributed by atoms with Crippen molar-refractivity contribution in [2.75, 3.05) is 0 Å². The lowest BCUT2D eigenvalue weighted by Crippen LogP contribution is -2.36. The van der Waals surface area contributed by atoms with E-state index in [1.54, 1.807) is 6.42 Å². The van der Waals surface area contributed by atoms with Gasteiger partial charge in [0.15, 0.2) is 0 Å². The van der Waals surface area contributed by atoms with E-state index in [0.717, 1.165) is 17.8 Å². The molecule has 1 aliphatic carbocycles. The third-order valence-electron chi connectivity index (χ3n) is 4.66. The van der Waals surface area contributed by atoms with Gasteiger partial charge in [0.2, 0.25) is 0 Å². The van der Waals surface area contributed by atoms with E-state index >= 15 is 0 Å². The summed E-state index contributed by atoms with van der Waals surface area (Å²) in [6, 6.07) is 0. The Kier molecular flexibility index (Phi) is 7.16. The lowest BCUT2D eigenvalue weighted by molar-refractivity contribution is 0.0492. The summed E-state index contributed by atoms with van der Waals surface area (Å²) in [4.78, 5) is 0. The highest BCUT2D eigenvalue weighted by Gasteiger charge is 2.37. The summed E-state index contributed by atoms with van der Waals surface area (Å²) in [5, 5.41) is 0. The molecule has 0 amide bonds. The zero-order valence-corrected chi connectivity index (χ0v) is 11.8. The lowest BCUT2D eigenvalue weighted by atomic mass is 9.60. The predicted molar refractivity (Wildman–Crippen MR) is 73.7 cm³/mol. The second kappa shape index (κ2) is 8.14. The topological polar surface area (TPSA) is 0 Å². The van der Waals surface area contributed by atoms with Crippen molar-refractivity contribution in [3.05, 3.63) is 0 Å². The second-order valence-corrected chi connectivity index (χ2v) is 5.82. The Morgan fingerprint density at radius 1 is 0.750 bits per heavy atom. The van der Waals surface area contributed by atoms with E-state index in [0.29, 0.717) is 0 Å². The monoisotopic (exact) mass is 224 g/mol. The molecule has 0 aliphatic heterocycles. The molecule has 1 fully saturated rings. The van der Waals surface area contributed by atoms with Gasteiger partial charge in [-0.3, -0.25) is 0 Å². The third kappa shape index (κ3) is 4.11. The van der Waals surface area contributed by atoms with Crippen LogP contribution in [-0.2, 0) is 0 Å². The van der Waals surface area contributed by atoms with Crippen LogP contribution in [0.4, 0.5) is 0 Å². The van der Waals surface area contributed by atoms with Gasteiger partial charge >= 0.3 is 0 Å². The number of rotatable bonds is 9. The summed E-state index contributed by atoms with van der Waals surface area (Å²) in [6.45, 7) is 7.02. The first-order valence-corrected chi connectivity index (χ1v) is 7.83. The Morgan fingerprint density at radius 3 is 2.12 bits per heavy atom. The smallest absolute Gasteiger partial charge is 0.0357 e. The average Bonchev–Trinajstić information content (AvgIpc) is 2.28. The molecule has 0 N–H and O–H groups in total. The zero-order chi connectivity index (χ0) is 11.8. The maximum atomic E-state index is 2.39. The Labute approximate surface area is 103 Å². The standard InChI is InChI=1S/C16H32/c1-4-7-9-10-12-16-14(6-3)13-15(16)11-8-5-2/h14-16H,4-13H2,1-3H3. The molecule has 0 saturated heterocycles. The molecule has 0 radical (unpaired) electrons. The number of unbranched alkanes of at least 4 members (excludes halogenated alkanes) is 4. The molecule has 96 valence electrons. The predicted octanol–water partition coefficient (Wildman–Crippen LogP) is 5.81. The molecule has 0 nitrogen and oxygen atoms in total. The lowest BCUT2D eigenvalue weighted by Gasteiger charge is -2.45. The van der Waals surface area contributed by atoms with Gasteiger partial charge in [-0.25, -0.2) is 0 Å².